The van der Waals surface area contributed by atoms with Gasteiger partial charge in [-0.2, -0.15) is 0 Å². The molecule has 0 amide bonds. The summed E-state index contributed by atoms with van der Waals surface area (Å²) in [6.45, 7) is 5.75. The molecule has 0 N–H and O–H groups in total. The summed E-state index contributed by atoms with van der Waals surface area (Å²) in [4.78, 5) is 4.69. The van der Waals surface area contributed by atoms with Gasteiger partial charge in [0, 0.05) is 13.0 Å². The zero-order valence-corrected chi connectivity index (χ0v) is 12.1. The highest BCUT2D eigenvalue weighted by atomic mass is 16.6. The van der Waals surface area contributed by atoms with E-state index in [1.165, 1.54) is 7.11 Å². The van der Waals surface area contributed by atoms with Crippen LogP contribution in [0.2, 0.25) is 0 Å². The van der Waals surface area contributed by atoms with Crippen molar-refractivity contribution in [2.75, 3.05) is 26.9 Å². The fourth-order valence-electron chi connectivity index (χ4n) is 1.59. The van der Waals surface area contributed by atoms with Crippen molar-refractivity contribution in [1.82, 2.24) is 0 Å². The third-order valence-electron chi connectivity index (χ3n) is 2.64. The molecule has 1 aromatic rings. The van der Waals surface area contributed by atoms with E-state index in [0.717, 1.165) is 43.9 Å². The molecule has 110 valence electrons. The summed E-state index contributed by atoms with van der Waals surface area (Å²) in [5.41, 5.74) is 0.805. The highest BCUT2D eigenvalue weighted by Gasteiger charge is 1.96. The van der Waals surface area contributed by atoms with Gasteiger partial charge in [0.05, 0.1) is 18.9 Å². The lowest BCUT2D eigenvalue weighted by Crippen LogP contribution is -2.05. The predicted molar refractivity (Wildman–Crippen MR) is 81.2 cm³/mol. The number of rotatable bonds is 11. The minimum absolute atomic E-state index is 0.633. The van der Waals surface area contributed by atoms with E-state index in [4.69, 9.17) is 14.3 Å². The van der Waals surface area contributed by atoms with E-state index in [0.29, 0.717) is 6.61 Å². The Labute approximate surface area is 121 Å². The lowest BCUT2D eigenvalue weighted by atomic mass is 10.3. The molecular weight excluding hydrogens is 254 g/mol. The summed E-state index contributed by atoms with van der Waals surface area (Å²) in [5, 5.41) is 3.82. The summed E-state index contributed by atoms with van der Waals surface area (Å²) < 4.78 is 11.1. The minimum atomic E-state index is 0.633. The van der Waals surface area contributed by atoms with E-state index >= 15 is 0 Å². The molecule has 0 heterocycles. The first-order valence-corrected chi connectivity index (χ1v) is 6.85. The molecule has 0 fully saturated rings. The van der Waals surface area contributed by atoms with Crippen molar-refractivity contribution in [3.63, 3.8) is 0 Å². The topological polar surface area (TPSA) is 40.0 Å². The molecule has 0 aliphatic heterocycles. The van der Waals surface area contributed by atoms with Crippen LogP contribution in [0.1, 0.15) is 19.3 Å². The zero-order valence-electron chi connectivity index (χ0n) is 12.1. The van der Waals surface area contributed by atoms with Gasteiger partial charge in [0.15, 0.2) is 0 Å². The number of allylic oxidation sites excluding steroid dienone is 1. The van der Waals surface area contributed by atoms with E-state index in [9.17, 15) is 0 Å². The largest absolute Gasteiger partial charge is 0.494 e. The summed E-state index contributed by atoms with van der Waals surface area (Å²) in [6, 6.07) is 9.84. The van der Waals surface area contributed by atoms with Crippen LogP contribution >= 0.6 is 0 Å². The molecule has 0 aliphatic carbocycles. The Balaban J connectivity index is 1.95. The summed E-state index contributed by atoms with van der Waals surface area (Å²) in [6.07, 6.45) is 4.37. The third kappa shape index (κ3) is 7.59. The van der Waals surface area contributed by atoms with Crippen molar-refractivity contribution in [3.8, 4) is 5.75 Å². The highest BCUT2D eigenvalue weighted by molar-refractivity contribution is 5.94. The first-order valence-electron chi connectivity index (χ1n) is 6.85. The third-order valence-corrected chi connectivity index (χ3v) is 2.64. The number of para-hydroxylation sites is 1. The number of oxime groups is 1. The van der Waals surface area contributed by atoms with Gasteiger partial charge in [0.25, 0.3) is 0 Å². The molecule has 4 heteroatoms. The second-order valence-electron chi connectivity index (χ2n) is 4.20. The summed E-state index contributed by atoms with van der Waals surface area (Å²) in [5.74, 6) is 0.917. The number of hydrogen-bond acceptors (Lipinski definition) is 4. The van der Waals surface area contributed by atoms with E-state index in [2.05, 4.69) is 11.7 Å². The number of ether oxygens (including phenoxy) is 2. The predicted octanol–water partition coefficient (Wildman–Crippen LogP) is 3.44. The molecule has 0 saturated carbocycles. The Bertz CT molecular complexity index is 390. The van der Waals surface area contributed by atoms with Crippen LogP contribution in [0.3, 0.4) is 0 Å². The molecule has 0 atom stereocenters. The molecule has 20 heavy (non-hydrogen) atoms. The molecule has 0 bridgehead atoms. The van der Waals surface area contributed by atoms with Gasteiger partial charge in [0.1, 0.15) is 12.9 Å². The van der Waals surface area contributed by atoms with Crippen LogP contribution in [-0.2, 0) is 9.57 Å². The van der Waals surface area contributed by atoms with Crippen LogP contribution in [0, 0.1) is 0 Å². The standard InChI is InChI=1S/C16H23NO3/c1-3-15(17-18-2)11-14-19-12-7-8-13-20-16-9-5-4-6-10-16/h3-6,9-10H,1,7-8,11-14H2,2H3/b17-15+. The molecule has 0 radical (unpaired) electrons. The zero-order chi connectivity index (χ0) is 14.5. The Morgan fingerprint density at radius 3 is 2.60 bits per heavy atom. The van der Waals surface area contributed by atoms with Gasteiger partial charge in [-0.1, -0.05) is 29.9 Å². The molecule has 0 aromatic heterocycles. The fraction of sp³-hybridized carbons (Fsp3) is 0.438. The maximum Gasteiger partial charge on any atom is 0.119 e. The van der Waals surface area contributed by atoms with Gasteiger partial charge < -0.3 is 14.3 Å². The van der Waals surface area contributed by atoms with Gasteiger partial charge in [-0.25, -0.2) is 0 Å². The number of unbranched alkanes of at least 4 members (excludes halogenated alkanes) is 1. The molecule has 0 spiro atoms. The van der Waals surface area contributed by atoms with Gasteiger partial charge in [-0.05, 0) is 31.1 Å². The Morgan fingerprint density at radius 1 is 1.15 bits per heavy atom. The van der Waals surface area contributed by atoms with Crippen LogP contribution < -0.4 is 4.74 Å². The molecule has 1 rings (SSSR count). The lowest BCUT2D eigenvalue weighted by molar-refractivity contribution is 0.131. The second-order valence-corrected chi connectivity index (χ2v) is 4.20. The maximum atomic E-state index is 5.60. The minimum Gasteiger partial charge on any atom is -0.494 e. The van der Waals surface area contributed by atoms with Gasteiger partial charge >= 0.3 is 0 Å². The van der Waals surface area contributed by atoms with Crippen molar-refractivity contribution in [1.29, 1.82) is 0 Å². The Kier molecular flexibility index (Phi) is 8.98. The number of benzene rings is 1. The SMILES string of the molecule is C=C/C(CCOCCCCOc1ccccc1)=N\OC. The van der Waals surface area contributed by atoms with Crippen LogP contribution in [0.25, 0.3) is 0 Å². The average Bonchev–Trinajstić information content (AvgIpc) is 2.49. The highest BCUT2D eigenvalue weighted by Crippen LogP contribution is 2.08. The Morgan fingerprint density at radius 2 is 1.90 bits per heavy atom. The normalized spacial score (nSPS) is 11.2. The van der Waals surface area contributed by atoms with Crippen molar-refractivity contribution in [2.45, 2.75) is 19.3 Å². The van der Waals surface area contributed by atoms with Crippen molar-refractivity contribution >= 4 is 5.71 Å². The average molecular weight is 277 g/mol. The van der Waals surface area contributed by atoms with Gasteiger partial charge in [0.2, 0.25) is 0 Å². The quantitative estimate of drug-likeness (QED) is 0.353. The van der Waals surface area contributed by atoms with Crippen molar-refractivity contribution in [2.24, 2.45) is 5.16 Å². The van der Waals surface area contributed by atoms with Crippen LogP contribution in [0.4, 0.5) is 0 Å². The molecular formula is C16H23NO3. The van der Waals surface area contributed by atoms with E-state index in [-0.39, 0.29) is 0 Å². The molecule has 0 saturated heterocycles. The number of nitrogens with zero attached hydrogens (tertiary/aromatic N) is 1. The molecule has 4 nitrogen and oxygen atoms in total. The number of hydrogen-bond donors (Lipinski definition) is 0. The smallest absolute Gasteiger partial charge is 0.119 e. The molecule has 0 aliphatic rings. The maximum absolute atomic E-state index is 5.60. The Hall–Kier alpha value is -1.81. The van der Waals surface area contributed by atoms with E-state index < -0.39 is 0 Å². The summed E-state index contributed by atoms with van der Waals surface area (Å²) in [7, 11) is 1.52. The van der Waals surface area contributed by atoms with Crippen molar-refractivity contribution < 1.29 is 14.3 Å². The van der Waals surface area contributed by atoms with Crippen molar-refractivity contribution in [3.05, 3.63) is 43.0 Å². The summed E-state index contributed by atoms with van der Waals surface area (Å²) >= 11 is 0. The van der Waals surface area contributed by atoms with Crippen LogP contribution in [0.15, 0.2) is 48.1 Å². The fourth-order valence-corrected chi connectivity index (χ4v) is 1.59. The monoisotopic (exact) mass is 277 g/mol. The van der Waals surface area contributed by atoms with E-state index in [1.807, 2.05) is 30.3 Å². The first kappa shape index (κ1) is 16.2. The first-order chi connectivity index (χ1) is 9.86. The van der Waals surface area contributed by atoms with E-state index in [1.54, 1.807) is 6.08 Å². The van der Waals surface area contributed by atoms with Crippen LogP contribution in [-0.4, -0.2) is 32.6 Å². The van der Waals surface area contributed by atoms with Gasteiger partial charge in [-0.15, -0.1) is 0 Å². The molecule has 1 aromatic carbocycles. The second kappa shape index (κ2) is 11.1. The van der Waals surface area contributed by atoms with Gasteiger partial charge in [-0.3, -0.25) is 0 Å². The molecule has 0 unspecified atom stereocenters. The van der Waals surface area contributed by atoms with Crippen LogP contribution in [0.5, 0.6) is 5.75 Å². The lowest BCUT2D eigenvalue weighted by Gasteiger charge is -2.06.